The molecule has 33 heavy (non-hydrogen) atoms. The number of aryl methyl sites for hydroxylation is 2. The van der Waals surface area contributed by atoms with Gasteiger partial charge in [0.2, 0.25) is 15.9 Å². The van der Waals surface area contributed by atoms with Gasteiger partial charge in [-0.3, -0.25) is 9.69 Å². The van der Waals surface area contributed by atoms with Gasteiger partial charge in [-0.1, -0.05) is 28.9 Å². The molecule has 1 atom stereocenters. The van der Waals surface area contributed by atoms with Gasteiger partial charge in [-0.2, -0.15) is 4.31 Å². The van der Waals surface area contributed by atoms with Gasteiger partial charge in [-0.05, 0) is 70.3 Å². The molecule has 2 aliphatic rings. The average Bonchev–Trinajstić information content (AvgIpc) is 3.44. The third-order valence-corrected chi connectivity index (χ3v) is 9.05. The molecule has 0 aliphatic carbocycles. The molecule has 0 spiro atoms. The molecule has 180 valence electrons. The molecular formula is C23H31ClN4O4S. The van der Waals surface area contributed by atoms with Crippen LogP contribution in [0.4, 0.5) is 0 Å². The molecule has 0 bridgehead atoms. The van der Waals surface area contributed by atoms with Crippen LogP contribution in [-0.4, -0.2) is 61.4 Å². The summed E-state index contributed by atoms with van der Waals surface area (Å²) in [4.78, 5) is 15.5. The number of halogens is 1. The summed E-state index contributed by atoms with van der Waals surface area (Å²) in [6.07, 6.45) is 3.28. The number of carbonyl (C=O) groups excluding carboxylic acids is 1. The van der Waals surface area contributed by atoms with Gasteiger partial charge in [0.25, 0.3) is 0 Å². The molecule has 4 rings (SSSR count). The van der Waals surface area contributed by atoms with Crippen LogP contribution in [0.1, 0.15) is 48.7 Å². The van der Waals surface area contributed by atoms with E-state index in [1.54, 1.807) is 13.8 Å². The first-order valence-corrected chi connectivity index (χ1v) is 13.3. The first-order valence-electron chi connectivity index (χ1n) is 11.5. The molecule has 2 saturated heterocycles. The first kappa shape index (κ1) is 24.2. The number of nitrogens with one attached hydrogen (secondary N) is 1. The topological polar surface area (TPSA) is 95.8 Å². The molecule has 1 aromatic heterocycles. The number of nitrogens with zero attached hydrogens (tertiary/aromatic N) is 3. The van der Waals surface area contributed by atoms with Gasteiger partial charge in [0.1, 0.15) is 10.6 Å². The van der Waals surface area contributed by atoms with Crippen molar-refractivity contribution < 1.29 is 17.7 Å². The van der Waals surface area contributed by atoms with E-state index in [0.29, 0.717) is 49.0 Å². The monoisotopic (exact) mass is 494 g/mol. The van der Waals surface area contributed by atoms with Crippen LogP contribution < -0.4 is 5.32 Å². The summed E-state index contributed by atoms with van der Waals surface area (Å²) >= 11 is 6.22. The van der Waals surface area contributed by atoms with Gasteiger partial charge in [-0.15, -0.1) is 0 Å². The molecular weight excluding hydrogens is 464 g/mol. The van der Waals surface area contributed by atoms with Crippen molar-refractivity contribution in [3.05, 3.63) is 46.3 Å². The van der Waals surface area contributed by atoms with E-state index in [2.05, 4.69) is 21.4 Å². The molecule has 1 N–H and O–H groups in total. The number of amides is 1. The number of benzene rings is 1. The van der Waals surface area contributed by atoms with Crippen LogP contribution in [0.15, 0.2) is 33.7 Å². The van der Waals surface area contributed by atoms with E-state index in [4.69, 9.17) is 16.1 Å². The quantitative estimate of drug-likeness (QED) is 0.634. The maximum absolute atomic E-state index is 13.0. The first-order chi connectivity index (χ1) is 15.8. The fourth-order valence-corrected chi connectivity index (χ4v) is 6.86. The molecule has 2 aromatic rings. The number of carbonyl (C=O) groups is 1. The number of sulfonamides is 1. The summed E-state index contributed by atoms with van der Waals surface area (Å²) in [5, 5.41) is 7.59. The molecule has 8 nitrogen and oxygen atoms in total. The Hall–Kier alpha value is -1.94. The van der Waals surface area contributed by atoms with Crippen molar-refractivity contribution in [3.8, 4) is 0 Å². The SMILES string of the molecule is Cc1noc(C)c1S(=O)(=O)N1CCC(C(=O)NCC(c2cccc(Cl)c2)N2CCCC2)CC1. The summed E-state index contributed by atoms with van der Waals surface area (Å²) in [7, 11) is -3.68. The van der Waals surface area contributed by atoms with E-state index in [9.17, 15) is 13.2 Å². The van der Waals surface area contributed by atoms with E-state index >= 15 is 0 Å². The lowest BCUT2D eigenvalue weighted by Crippen LogP contribution is -2.44. The number of likely N-dealkylation sites (tertiary alicyclic amines) is 1. The Morgan fingerprint density at radius 2 is 1.91 bits per heavy atom. The van der Waals surface area contributed by atoms with Crippen molar-refractivity contribution >= 4 is 27.5 Å². The lowest BCUT2D eigenvalue weighted by atomic mass is 9.97. The molecule has 2 fully saturated rings. The number of hydrogen-bond donors (Lipinski definition) is 1. The van der Waals surface area contributed by atoms with Gasteiger partial charge >= 0.3 is 0 Å². The van der Waals surface area contributed by atoms with Crippen LogP contribution in [0, 0.1) is 19.8 Å². The minimum absolute atomic E-state index is 0.0180. The second-order valence-electron chi connectivity index (χ2n) is 8.89. The van der Waals surface area contributed by atoms with Gasteiger partial charge in [0, 0.05) is 30.6 Å². The highest BCUT2D eigenvalue weighted by molar-refractivity contribution is 7.89. The summed E-state index contributed by atoms with van der Waals surface area (Å²) in [5.41, 5.74) is 1.46. The second-order valence-corrected chi connectivity index (χ2v) is 11.2. The highest BCUT2D eigenvalue weighted by Crippen LogP contribution is 2.29. The minimum atomic E-state index is -3.68. The zero-order chi connectivity index (χ0) is 23.6. The van der Waals surface area contributed by atoms with Crippen LogP contribution in [0.5, 0.6) is 0 Å². The van der Waals surface area contributed by atoms with Crippen LogP contribution >= 0.6 is 11.6 Å². The van der Waals surface area contributed by atoms with Crippen molar-refractivity contribution in [2.75, 3.05) is 32.7 Å². The maximum Gasteiger partial charge on any atom is 0.248 e. The Balaban J connectivity index is 1.36. The van der Waals surface area contributed by atoms with Crippen molar-refractivity contribution in [2.24, 2.45) is 5.92 Å². The number of rotatable bonds is 7. The molecule has 0 saturated carbocycles. The van der Waals surface area contributed by atoms with Crippen molar-refractivity contribution in [1.29, 1.82) is 0 Å². The van der Waals surface area contributed by atoms with E-state index in [1.165, 1.54) is 4.31 Å². The number of aromatic nitrogens is 1. The highest BCUT2D eigenvalue weighted by Gasteiger charge is 2.35. The highest BCUT2D eigenvalue weighted by atomic mass is 35.5. The molecule has 1 aromatic carbocycles. The molecule has 2 aliphatic heterocycles. The van der Waals surface area contributed by atoms with Crippen LogP contribution in [0.25, 0.3) is 0 Å². The van der Waals surface area contributed by atoms with E-state index < -0.39 is 10.0 Å². The van der Waals surface area contributed by atoms with Gasteiger partial charge in [0.15, 0.2) is 5.76 Å². The van der Waals surface area contributed by atoms with Crippen LogP contribution in [0.2, 0.25) is 5.02 Å². The Morgan fingerprint density at radius 1 is 1.21 bits per heavy atom. The maximum atomic E-state index is 13.0. The predicted molar refractivity (Wildman–Crippen MR) is 125 cm³/mol. The van der Waals surface area contributed by atoms with E-state index in [1.807, 2.05) is 18.2 Å². The predicted octanol–water partition coefficient (Wildman–Crippen LogP) is 3.30. The normalized spacial score (nSPS) is 19.6. The standard InChI is InChI=1S/C23H31ClN4O4S/c1-16-22(17(2)32-26-16)33(30,31)28-12-8-18(9-13-28)23(29)25-15-21(27-10-3-4-11-27)19-6-5-7-20(24)14-19/h5-7,14,18,21H,3-4,8-13,15H2,1-2H3,(H,25,29). The lowest BCUT2D eigenvalue weighted by Gasteiger charge is -2.32. The number of piperidine rings is 1. The summed E-state index contributed by atoms with van der Waals surface area (Å²) in [5.74, 6) is 0.0663. The number of hydrogen-bond acceptors (Lipinski definition) is 6. The largest absolute Gasteiger partial charge is 0.360 e. The summed E-state index contributed by atoms with van der Waals surface area (Å²) in [6.45, 7) is 6.35. The molecule has 0 radical (unpaired) electrons. The van der Waals surface area contributed by atoms with E-state index in [0.717, 1.165) is 31.5 Å². The Labute approximate surface area is 200 Å². The molecule has 3 heterocycles. The Kier molecular flexibility index (Phi) is 7.43. The molecule has 10 heteroatoms. The second kappa shape index (κ2) is 10.1. The van der Waals surface area contributed by atoms with Gasteiger partial charge in [-0.25, -0.2) is 8.42 Å². The Morgan fingerprint density at radius 3 is 2.52 bits per heavy atom. The van der Waals surface area contributed by atoms with E-state index in [-0.39, 0.29) is 22.8 Å². The fraction of sp³-hybridized carbons (Fsp3) is 0.565. The van der Waals surface area contributed by atoms with Crippen LogP contribution in [-0.2, 0) is 14.8 Å². The van der Waals surface area contributed by atoms with Gasteiger partial charge < -0.3 is 9.84 Å². The fourth-order valence-electron chi connectivity index (χ4n) is 4.90. The lowest BCUT2D eigenvalue weighted by molar-refractivity contribution is -0.126. The van der Waals surface area contributed by atoms with Crippen molar-refractivity contribution in [3.63, 3.8) is 0 Å². The molecule has 1 amide bonds. The van der Waals surface area contributed by atoms with Crippen molar-refractivity contribution in [1.82, 2.24) is 19.7 Å². The van der Waals surface area contributed by atoms with Crippen LogP contribution in [0.3, 0.4) is 0 Å². The Bertz CT molecular complexity index is 1070. The minimum Gasteiger partial charge on any atom is -0.360 e. The smallest absolute Gasteiger partial charge is 0.248 e. The molecule has 1 unspecified atom stereocenters. The summed E-state index contributed by atoms with van der Waals surface area (Å²) < 4.78 is 32.5. The third kappa shape index (κ3) is 5.26. The zero-order valence-corrected chi connectivity index (χ0v) is 20.7. The van der Waals surface area contributed by atoms with Gasteiger partial charge in [0.05, 0.1) is 6.04 Å². The summed E-state index contributed by atoms with van der Waals surface area (Å²) in [6, 6.07) is 7.90. The zero-order valence-electron chi connectivity index (χ0n) is 19.1. The average molecular weight is 495 g/mol. The van der Waals surface area contributed by atoms with Crippen molar-refractivity contribution in [2.45, 2.75) is 50.5 Å². The third-order valence-electron chi connectivity index (χ3n) is 6.67.